The Morgan fingerprint density at radius 2 is 2.28 bits per heavy atom. The number of nitrogens with zero attached hydrogens (tertiary/aromatic N) is 3. The quantitative estimate of drug-likeness (QED) is 0.203. The molecule has 0 saturated carbocycles. The van der Waals surface area contributed by atoms with E-state index in [4.69, 9.17) is 16.2 Å². The topological polar surface area (TPSA) is 113 Å². The maximum absolute atomic E-state index is 11.4. The van der Waals surface area contributed by atoms with Gasteiger partial charge in [-0.3, -0.25) is 15.5 Å². The molecule has 2 rings (SSSR count). The van der Waals surface area contributed by atoms with E-state index >= 15 is 0 Å². The van der Waals surface area contributed by atoms with Gasteiger partial charge in [-0.25, -0.2) is 9.62 Å². The van der Waals surface area contributed by atoms with Crippen LogP contribution in [0, 0.1) is 0 Å². The van der Waals surface area contributed by atoms with Crippen molar-refractivity contribution in [2.45, 2.75) is 5.03 Å². The van der Waals surface area contributed by atoms with Crippen molar-refractivity contribution in [1.82, 2.24) is 21.1 Å². The zero-order valence-corrected chi connectivity index (χ0v) is 15.6. The molecule has 11 heteroatoms. The molecule has 2 aromatic rings. The van der Waals surface area contributed by atoms with Gasteiger partial charge in [-0.2, -0.15) is 11.8 Å². The first-order valence-corrected chi connectivity index (χ1v) is 9.85. The zero-order valence-electron chi connectivity index (χ0n) is 13.2. The van der Waals surface area contributed by atoms with Crippen LogP contribution in [0.1, 0.15) is 5.69 Å². The van der Waals surface area contributed by atoms with E-state index in [2.05, 4.69) is 20.6 Å². The molecule has 0 atom stereocenters. The lowest BCUT2D eigenvalue weighted by Crippen LogP contribution is -2.27. The second-order valence-electron chi connectivity index (χ2n) is 4.60. The highest BCUT2D eigenvalue weighted by Gasteiger charge is 2.17. The average molecular weight is 402 g/mol. The summed E-state index contributed by atoms with van der Waals surface area (Å²) in [6.45, 7) is 0.476. The van der Waals surface area contributed by atoms with Crippen LogP contribution in [0.25, 0.3) is 0 Å². The molecule has 0 unspecified atom stereocenters. The number of thioether (sulfide) groups is 2. The van der Waals surface area contributed by atoms with Crippen LogP contribution in [0.2, 0.25) is 5.02 Å². The van der Waals surface area contributed by atoms with Gasteiger partial charge in [0.2, 0.25) is 5.91 Å². The van der Waals surface area contributed by atoms with Crippen molar-refractivity contribution in [3.8, 4) is 0 Å². The molecule has 1 amide bonds. The predicted octanol–water partition coefficient (Wildman–Crippen LogP) is 2.35. The summed E-state index contributed by atoms with van der Waals surface area (Å²) in [7, 11) is 0. The number of rotatable bonds is 8. The molecular weight excluding hydrogens is 386 g/mol. The summed E-state index contributed by atoms with van der Waals surface area (Å²) in [4.78, 5) is 15.6. The predicted molar refractivity (Wildman–Crippen MR) is 99.0 cm³/mol. The number of amides is 1. The van der Waals surface area contributed by atoms with Crippen LogP contribution in [-0.2, 0) is 4.79 Å². The molecule has 0 radical (unpaired) electrons. The Morgan fingerprint density at radius 1 is 1.44 bits per heavy atom. The zero-order chi connectivity index (χ0) is 18.1. The average Bonchev–Trinajstić information content (AvgIpc) is 3.05. The summed E-state index contributed by atoms with van der Waals surface area (Å²) in [6.07, 6.45) is 1.87. The van der Waals surface area contributed by atoms with E-state index in [1.807, 2.05) is 11.7 Å². The molecule has 8 nitrogen and oxygen atoms in total. The van der Waals surface area contributed by atoms with Crippen molar-refractivity contribution in [1.29, 1.82) is 0 Å². The van der Waals surface area contributed by atoms with Gasteiger partial charge in [0, 0.05) is 17.3 Å². The molecule has 0 fully saturated rings. The van der Waals surface area contributed by atoms with Gasteiger partial charge in [-0.1, -0.05) is 29.4 Å². The van der Waals surface area contributed by atoms with E-state index in [0.717, 1.165) is 0 Å². The minimum absolute atomic E-state index is 0.0215. The number of hydroxylamine groups is 1. The number of carbonyl (C=O) groups is 1. The Kier molecular flexibility index (Phi) is 8.06. The van der Waals surface area contributed by atoms with Crippen LogP contribution in [0.5, 0.6) is 0 Å². The second-order valence-corrected chi connectivity index (χ2v) is 6.99. The van der Waals surface area contributed by atoms with Crippen molar-refractivity contribution >= 4 is 52.6 Å². The maximum Gasteiger partial charge on any atom is 0.230 e. The summed E-state index contributed by atoms with van der Waals surface area (Å²) >= 11 is 8.71. The number of halogens is 1. The number of aromatic nitrogens is 2. The van der Waals surface area contributed by atoms with Crippen LogP contribution in [0.15, 0.2) is 38.9 Å². The van der Waals surface area contributed by atoms with E-state index in [-0.39, 0.29) is 17.4 Å². The van der Waals surface area contributed by atoms with E-state index in [9.17, 15) is 10.0 Å². The molecule has 134 valence electrons. The number of aliphatic imine (C=N–C) groups is 1. The fourth-order valence-electron chi connectivity index (χ4n) is 1.75. The molecule has 0 bridgehead atoms. The molecule has 1 aromatic heterocycles. The van der Waals surface area contributed by atoms with Gasteiger partial charge in [0.25, 0.3) is 0 Å². The monoisotopic (exact) mass is 401 g/mol. The highest BCUT2D eigenvalue weighted by atomic mass is 35.5. The Hall–Kier alpha value is -1.75. The smallest absolute Gasteiger partial charge is 0.230 e. The van der Waals surface area contributed by atoms with E-state index in [1.165, 1.54) is 23.5 Å². The fourth-order valence-corrected chi connectivity index (χ4v) is 3.05. The van der Waals surface area contributed by atoms with Crippen LogP contribution < -0.4 is 10.8 Å². The first-order chi connectivity index (χ1) is 12.1. The van der Waals surface area contributed by atoms with E-state index < -0.39 is 0 Å². The molecule has 0 aliphatic carbocycles. The minimum Gasteiger partial charge on any atom is -0.355 e. The highest BCUT2D eigenvalue weighted by Crippen LogP contribution is 2.22. The lowest BCUT2D eigenvalue weighted by atomic mass is 10.3. The standard InChI is InChI=1S/C14H16ClN5O3S2/c1-24-8-11(21)16-5-6-25-14-12(19-23-20-14)13(18-22)17-10-4-2-3-9(15)7-10/h2-4,7,22H,5-6,8H2,1H3,(H,16,21)(H,17,18). The Labute approximate surface area is 157 Å². The van der Waals surface area contributed by atoms with Crippen molar-refractivity contribution in [3.63, 3.8) is 0 Å². The Bertz CT molecular complexity index is 741. The van der Waals surface area contributed by atoms with Crippen LogP contribution in [0.4, 0.5) is 5.69 Å². The number of hydrogen-bond acceptors (Lipinski definition) is 8. The van der Waals surface area contributed by atoms with Gasteiger partial charge >= 0.3 is 0 Å². The van der Waals surface area contributed by atoms with Crippen LogP contribution in [-0.4, -0.2) is 51.6 Å². The third-order valence-corrected chi connectivity index (χ3v) is 4.51. The number of benzene rings is 1. The third kappa shape index (κ3) is 6.24. The summed E-state index contributed by atoms with van der Waals surface area (Å²) < 4.78 is 4.74. The lowest BCUT2D eigenvalue weighted by Gasteiger charge is -2.04. The van der Waals surface area contributed by atoms with Crippen LogP contribution >= 0.6 is 35.1 Å². The molecule has 0 spiro atoms. The first-order valence-electron chi connectivity index (χ1n) is 7.09. The van der Waals surface area contributed by atoms with E-state index in [0.29, 0.717) is 33.8 Å². The Balaban J connectivity index is 2.02. The van der Waals surface area contributed by atoms with Gasteiger partial charge in [0.15, 0.2) is 16.6 Å². The van der Waals surface area contributed by atoms with Gasteiger partial charge in [-0.15, -0.1) is 0 Å². The molecular formula is C14H16ClN5O3S2. The van der Waals surface area contributed by atoms with Gasteiger partial charge in [0.05, 0.1) is 11.4 Å². The van der Waals surface area contributed by atoms with Gasteiger partial charge in [-0.05, 0) is 34.8 Å². The minimum atomic E-state index is -0.0215. The highest BCUT2D eigenvalue weighted by molar-refractivity contribution is 7.99. The number of amidine groups is 1. The summed E-state index contributed by atoms with van der Waals surface area (Å²) in [5.41, 5.74) is 2.80. The molecule has 3 N–H and O–H groups in total. The second kappa shape index (κ2) is 10.3. The number of hydrogen-bond donors (Lipinski definition) is 3. The number of carbonyl (C=O) groups excluding carboxylic acids is 1. The molecule has 0 saturated heterocycles. The molecule has 25 heavy (non-hydrogen) atoms. The lowest BCUT2D eigenvalue weighted by molar-refractivity contribution is -0.118. The first kappa shape index (κ1) is 19.6. The van der Waals surface area contributed by atoms with Crippen LogP contribution in [0.3, 0.4) is 0 Å². The van der Waals surface area contributed by atoms with E-state index in [1.54, 1.807) is 24.3 Å². The third-order valence-electron chi connectivity index (χ3n) is 2.78. The largest absolute Gasteiger partial charge is 0.355 e. The molecule has 1 aromatic carbocycles. The normalized spacial score (nSPS) is 11.4. The van der Waals surface area contributed by atoms with Crippen molar-refractivity contribution in [2.24, 2.45) is 4.99 Å². The maximum atomic E-state index is 11.4. The number of nitrogens with one attached hydrogen (secondary N) is 2. The van der Waals surface area contributed by atoms with Crippen molar-refractivity contribution in [3.05, 3.63) is 35.0 Å². The Morgan fingerprint density at radius 3 is 3.00 bits per heavy atom. The van der Waals surface area contributed by atoms with Crippen molar-refractivity contribution < 1.29 is 14.6 Å². The molecule has 0 aliphatic rings. The SMILES string of the molecule is CSCC(=O)NCCSc1nonc1C(=Nc1cccc(Cl)c1)NO. The summed E-state index contributed by atoms with van der Waals surface area (Å²) in [6, 6.07) is 6.83. The summed E-state index contributed by atoms with van der Waals surface area (Å²) in [5, 5.41) is 20.7. The van der Waals surface area contributed by atoms with Gasteiger partial charge < -0.3 is 5.32 Å². The fraction of sp³-hybridized carbons (Fsp3) is 0.286. The summed E-state index contributed by atoms with van der Waals surface area (Å²) in [5.74, 6) is 1.05. The van der Waals surface area contributed by atoms with Gasteiger partial charge in [0.1, 0.15) is 0 Å². The molecule has 1 heterocycles. The van der Waals surface area contributed by atoms with Crippen molar-refractivity contribution in [2.75, 3.05) is 24.3 Å². The molecule has 0 aliphatic heterocycles.